The number of carbonyl (C=O) groups excluding carboxylic acids is 2. The van der Waals surface area contributed by atoms with Crippen molar-refractivity contribution in [3.05, 3.63) is 0 Å². The van der Waals surface area contributed by atoms with E-state index in [1.807, 2.05) is 6.92 Å². The minimum absolute atomic E-state index is 0.0493. The van der Waals surface area contributed by atoms with Crippen LogP contribution in [0.25, 0.3) is 0 Å². The van der Waals surface area contributed by atoms with Crippen molar-refractivity contribution in [1.29, 1.82) is 0 Å². The molecule has 0 bridgehead atoms. The Balaban J connectivity index is 1.64. The number of rotatable bonds is 4. The third kappa shape index (κ3) is 2.49. The molecule has 0 unspecified atom stereocenters. The molecule has 4 heteroatoms. The summed E-state index contributed by atoms with van der Waals surface area (Å²) in [5.41, 5.74) is 0. The number of hydrogen-bond acceptors (Lipinski definition) is 3. The van der Waals surface area contributed by atoms with Crippen LogP contribution in [-0.4, -0.2) is 36.0 Å². The quantitative estimate of drug-likeness (QED) is 0.650. The first-order chi connectivity index (χ1) is 7.20. The second kappa shape index (κ2) is 4.21. The predicted molar refractivity (Wildman–Crippen MR) is 54.1 cm³/mol. The highest BCUT2D eigenvalue weighted by Gasteiger charge is 2.40. The van der Waals surface area contributed by atoms with Crippen LogP contribution in [0.5, 0.6) is 0 Å². The van der Waals surface area contributed by atoms with Gasteiger partial charge in [0.2, 0.25) is 5.91 Å². The molecule has 0 aromatic heterocycles. The van der Waals surface area contributed by atoms with Crippen LogP contribution in [0.2, 0.25) is 0 Å². The first kappa shape index (κ1) is 10.5. The Morgan fingerprint density at radius 2 is 2.00 bits per heavy atom. The molecule has 84 valence electrons. The molecule has 1 aliphatic carbocycles. The molecular formula is C11H17NO3. The van der Waals surface area contributed by atoms with E-state index < -0.39 is 0 Å². The zero-order valence-corrected chi connectivity index (χ0v) is 9.07. The fraction of sp³-hybridized carbons (Fsp3) is 0.818. The number of hydrogen-bond donors (Lipinski definition) is 0. The van der Waals surface area contributed by atoms with Crippen molar-refractivity contribution < 1.29 is 14.3 Å². The van der Waals surface area contributed by atoms with Crippen LogP contribution >= 0.6 is 0 Å². The van der Waals surface area contributed by atoms with Gasteiger partial charge in [-0.3, -0.25) is 9.59 Å². The molecule has 0 atom stereocenters. The Labute approximate surface area is 89.6 Å². The third-order valence-electron chi connectivity index (χ3n) is 2.84. The second-order valence-corrected chi connectivity index (χ2v) is 4.38. The fourth-order valence-electron chi connectivity index (χ4n) is 1.73. The summed E-state index contributed by atoms with van der Waals surface area (Å²) in [6.07, 6.45) is 3.32. The van der Waals surface area contributed by atoms with Gasteiger partial charge in [0.1, 0.15) is 6.10 Å². The van der Waals surface area contributed by atoms with Crippen molar-refractivity contribution in [2.24, 2.45) is 5.92 Å². The summed E-state index contributed by atoms with van der Waals surface area (Å²) in [6, 6.07) is 0. The van der Waals surface area contributed by atoms with E-state index in [1.165, 1.54) is 0 Å². The lowest BCUT2D eigenvalue weighted by atomic mass is 10.1. The molecule has 1 amide bonds. The van der Waals surface area contributed by atoms with E-state index in [0.717, 1.165) is 19.3 Å². The van der Waals surface area contributed by atoms with Gasteiger partial charge in [-0.05, 0) is 19.3 Å². The Morgan fingerprint density at radius 1 is 1.33 bits per heavy atom. The van der Waals surface area contributed by atoms with E-state index in [1.54, 1.807) is 4.90 Å². The van der Waals surface area contributed by atoms with Gasteiger partial charge < -0.3 is 9.64 Å². The lowest BCUT2D eigenvalue weighted by Crippen LogP contribution is -2.55. The topological polar surface area (TPSA) is 46.6 Å². The summed E-state index contributed by atoms with van der Waals surface area (Å²) in [4.78, 5) is 24.5. The zero-order chi connectivity index (χ0) is 10.8. The summed E-state index contributed by atoms with van der Waals surface area (Å²) in [7, 11) is 0. The molecule has 0 spiro atoms. The molecular weight excluding hydrogens is 194 g/mol. The molecule has 0 aromatic carbocycles. The second-order valence-electron chi connectivity index (χ2n) is 4.38. The van der Waals surface area contributed by atoms with Crippen LogP contribution in [0, 0.1) is 5.92 Å². The van der Waals surface area contributed by atoms with E-state index in [4.69, 9.17) is 4.74 Å². The van der Waals surface area contributed by atoms with Crippen molar-refractivity contribution in [2.45, 2.75) is 38.7 Å². The average molecular weight is 211 g/mol. The summed E-state index contributed by atoms with van der Waals surface area (Å²) in [5, 5.41) is 0. The van der Waals surface area contributed by atoms with Crippen molar-refractivity contribution in [3.8, 4) is 0 Å². The smallest absolute Gasteiger partial charge is 0.306 e. The lowest BCUT2D eigenvalue weighted by Gasteiger charge is -2.38. The van der Waals surface area contributed by atoms with E-state index in [-0.39, 0.29) is 23.9 Å². The maximum Gasteiger partial charge on any atom is 0.306 e. The van der Waals surface area contributed by atoms with Gasteiger partial charge in [-0.2, -0.15) is 0 Å². The van der Waals surface area contributed by atoms with Crippen LogP contribution in [-0.2, 0) is 14.3 Å². The Hall–Kier alpha value is -1.06. The molecule has 1 aliphatic heterocycles. The minimum Gasteiger partial charge on any atom is -0.459 e. The van der Waals surface area contributed by atoms with Gasteiger partial charge >= 0.3 is 5.97 Å². The van der Waals surface area contributed by atoms with Gasteiger partial charge in [-0.25, -0.2) is 0 Å². The maximum absolute atomic E-state index is 11.5. The number of nitrogens with zero attached hydrogens (tertiary/aromatic N) is 1. The lowest BCUT2D eigenvalue weighted by molar-refractivity contribution is -0.164. The van der Waals surface area contributed by atoms with Crippen LogP contribution < -0.4 is 0 Å². The first-order valence-corrected chi connectivity index (χ1v) is 5.69. The van der Waals surface area contributed by atoms with Crippen molar-refractivity contribution in [1.82, 2.24) is 4.90 Å². The Bertz CT molecular complexity index is 267. The molecule has 4 nitrogen and oxygen atoms in total. The maximum atomic E-state index is 11.5. The Morgan fingerprint density at radius 3 is 2.53 bits per heavy atom. The van der Waals surface area contributed by atoms with Crippen LogP contribution in [0.4, 0.5) is 0 Å². The highest BCUT2D eigenvalue weighted by Crippen LogP contribution is 2.32. The number of amides is 1. The average Bonchev–Trinajstić information content (AvgIpc) is 2.93. The number of ether oxygens (including phenoxy) is 1. The van der Waals surface area contributed by atoms with Crippen LogP contribution in [0.3, 0.4) is 0 Å². The molecule has 15 heavy (non-hydrogen) atoms. The molecule has 2 fully saturated rings. The number of carbonyl (C=O) groups is 2. The van der Waals surface area contributed by atoms with E-state index in [0.29, 0.717) is 19.5 Å². The zero-order valence-electron chi connectivity index (χ0n) is 9.07. The third-order valence-corrected chi connectivity index (χ3v) is 2.84. The molecule has 2 aliphatic rings. The highest BCUT2D eigenvalue weighted by molar-refractivity contribution is 5.82. The van der Waals surface area contributed by atoms with Crippen LogP contribution in [0.15, 0.2) is 0 Å². The summed E-state index contributed by atoms with van der Waals surface area (Å²) in [5.74, 6) is 0.385. The van der Waals surface area contributed by atoms with E-state index in [2.05, 4.69) is 0 Å². The van der Waals surface area contributed by atoms with E-state index in [9.17, 15) is 9.59 Å². The summed E-state index contributed by atoms with van der Waals surface area (Å²) in [6.45, 7) is 3.15. The monoisotopic (exact) mass is 211 g/mol. The van der Waals surface area contributed by atoms with E-state index >= 15 is 0 Å². The molecule has 0 radical (unpaired) electrons. The molecule has 2 rings (SSSR count). The van der Waals surface area contributed by atoms with Gasteiger partial charge in [0.05, 0.1) is 13.1 Å². The molecule has 1 heterocycles. The first-order valence-electron chi connectivity index (χ1n) is 5.69. The SMILES string of the molecule is CCCC(=O)OC1CN(C(=O)C2CC2)C1. The van der Waals surface area contributed by atoms with Gasteiger partial charge in [-0.1, -0.05) is 6.92 Å². The normalized spacial score (nSPS) is 21.0. The van der Waals surface area contributed by atoms with Crippen molar-refractivity contribution in [2.75, 3.05) is 13.1 Å². The van der Waals surface area contributed by atoms with Gasteiger partial charge in [0.25, 0.3) is 0 Å². The largest absolute Gasteiger partial charge is 0.459 e. The Kier molecular flexibility index (Phi) is 2.93. The fourth-order valence-corrected chi connectivity index (χ4v) is 1.73. The summed E-state index contributed by atoms with van der Waals surface area (Å²) < 4.78 is 5.17. The van der Waals surface area contributed by atoms with Gasteiger partial charge in [0.15, 0.2) is 0 Å². The standard InChI is InChI=1S/C11H17NO3/c1-2-3-10(13)15-9-6-12(7-9)11(14)8-4-5-8/h8-9H,2-7H2,1H3. The predicted octanol–water partition coefficient (Wildman–Crippen LogP) is 0.950. The number of likely N-dealkylation sites (tertiary alicyclic amines) is 1. The van der Waals surface area contributed by atoms with Crippen LogP contribution in [0.1, 0.15) is 32.6 Å². The summed E-state index contributed by atoms with van der Waals surface area (Å²) >= 11 is 0. The van der Waals surface area contributed by atoms with Crippen molar-refractivity contribution >= 4 is 11.9 Å². The number of esters is 1. The van der Waals surface area contributed by atoms with Gasteiger partial charge in [-0.15, -0.1) is 0 Å². The molecule has 1 saturated heterocycles. The minimum atomic E-state index is -0.138. The molecule has 0 aromatic rings. The van der Waals surface area contributed by atoms with Gasteiger partial charge in [0, 0.05) is 12.3 Å². The highest BCUT2D eigenvalue weighted by atomic mass is 16.5. The molecule has 1 saturated carbocycles. The molecule has 0 N–H and O–H groups in total. The van der Waals surface area contributed by atoms with Crippen molar-refractivity contribution in [3.63, 3.8) is 0 Å².